The molecule has 0 bridgehead atoms. The molecule has 4 aliphatic carbocycles. The standard InChI is InChI=1S/C30H48O8S.Na/c1-15(2)16(3)26-27(37-26)17(4)20-10-11-21-19-8-9-23-28(38-39(33,34)35)25(32)24(36-18(5)31)14-30(23,7)22(19)12-13-29(20,21)6;/h8,15-17,20-28,32H,9-14H2,1-7H3,(H,33,34,35);/q;+1/p-1/t16-,17?,20+,21?,22?,23?,24+,25-,26+,27-,28-,29+,30+;/m0./s1. The summed E-state index contributed by atoms with van der Waals surface area (Å²) in [6.07, 6.45) is 4.62. The summed E-state index contributed by atoms with van der Waals surface area (Å²) in [4.78, 5) is 11.9. The number of allylic oxidation sites excluding steroid dienone is 2. The maximum absolute atomic E-state index is 11.9. The van der Waals surface area contributed by atoms with Crippen molar-refractivity contribution in [3.8, 4) is 0 Å². The first-order valence-electron chi connectivity index (χ1n) is 14.9. The van der Waals surface area contributed by atoms with Crippen molar-refractivity contribution in [1.82, 2.24) is 0 Å². The third kappa shape index (κ3) is 5.64. The molecule has 1 N–H and O–H groups in total. The Morgan fingerprint density at radius 3 is 2.35 bits per heavy atom. The van der Waals surface area contributed by atoms with Crippen LogP contribution in [0.2, 0.25) is 0 Å². The van der Waals surface area contributed by atoms with Gasteiger partial charge in [-0.05, 0) is 90.8 Å². The third-order valence-electron chi connectivity index (χ3n) is 12.0. The van der Waals surface area contributed by atoms with Crippen LogP contribution in [0.4, 0.5) is 0 Å². The van der Waals surface area contributed by atoms with Crippen LogP contribution in [-0.4, -0.2) is 54.6 Å². The largest absolute Gasteiger partial charge is 1.00 e. The predicted molar refractivity (Wildman–Crippen MR) is 144 cm³/mol. The summed E-state index contributed by atoms with van der Waals surface area (Å²) in [6, 6.07) is 0. The summed E-state index contributed by atoms with van der Waals surface area (Å²) >= 11 is 0. The molecule has 222 valence electrons. The van der Waals surface area contributed by atoms with Gasteiger partial charge in [-0.1, -0.05) is 53.2 Å². The van der Waals surface area contributed by atoms with Crippen molar-refractivity contribution >= 4 is 16.4 Å². The van der Waals surface area contributed by atoms with E-state index in [4.69, 9.17) is 13.7 Å². The fraction of sp³-hybridized carbons (Fsp3) is 0.900. The zero-order chi connectivity index (χ0) is 28.7. The molecule has 0 radical (unpaired) electrons. The molecule has 0 aromatic rings. The van der Waals surface area contributed by atoms with Crippen molar-refractivity contribution in [1.29, 1.82) is 0 Å². The van der Waals surface area contributed by atoms with Gasteiger partial charge in [-0.25, -0.2) is 8.42 Å². The van der Waals surface area contributed by atoms with E-state index in [1.54, 1.807) is 0 Å². The quantitative estimate of drug-likeness (QED) is 0.118. The maximum atomic E-state index is 11.9. The van der Waals surface area contributed by atoms with Crippen LogP contribution < -0.4 is 29.6 Å². The van der Waals surface area contributed by atoms with Crippen LogP contribution in [0.15, 0.2) is 11.6 Å². The molecule has 5 aliphatic rings. The van der Waals surface area contributed by atoms with Crippen molar-refractivity contribution < 1.29 is 66.1 Å². The zero-order valence-electron chi connectivity index (χ0n) is 25.5. The zero-order valence-corrected chi connectivity index (χ0v) is 28.3. The fourth-order valence-electron chi connectivity index (χ4n) is 9.67. The molecular weight excluding hydrogens is 543 g/mol. The molecule has 5 rings (SSSR count). The van der Waals surface area contributed by atoms with E-state index in [1.165, 1.54) is 18.9 Å². The number of rotatable bonds is 7. The number of esters is 1. The van der Waals surface area contributed by atoms with E-state index >= 15 is 0 Å². The predicted octanol–water partition coefficient (Wildman–Crippen LogP) is 1.62. The molecule has 1 heterocycles. The summed E-state index contributed by atoms with van der Waals surface area (Å²) in [7, 11) is -5.06. The monoisotopic (exact) mass is 590 g/mol. The van der Waals surface area contributed by atoms with Crippen molar-refractivity contribution in [2.45, 2.75) is 118 Å². The van der Waals surface area contributed by atoms with E-state index in [9.17, 15) is 22.9 Å². The van der Waals surface area contributed by atoms with Crippen LogP contribution in [0.25, 0.3) is 0 Å². The van der Waals surface area contributed by atoms with E-state index < -0.39 is 40.1 Å². The summed E-state index contributed by atoms with van der Waals surface area (Å²) < 4.78 is 51.7. The molecule has 4 fully saturated rings. The summed E-state index contributed by atoms with van der Waals surface area (Å²) in [5.74, 6) is 1.90. The molecular formula is C30H47NaO8S. The number of fused-ring (bicyclic) bond motifs is 5. The Balaban J connectivity index is 0.00000370. The molecule has 1 aliphatic heterocycles. The van der Waals surface area contributed by atoms with Gasteiger partial charge in [-0.15, -0.1) is 0 Å². The molecule has 8 nitrogen and oxygen atoms in total. The minimum absolute atomic E-state index is 0. The molecule has 4 unspecified atom stereocenters. The number of ether oxygens (including phenoxy) is 2. The first-order chi connectivity index (χ1) is 18.1. The van der Waals surface area contributed by atoms with Gasteiger partial charge in [0.1, 0.15) is 18.3 Å². The van der Waals surface area contributed by atoms with Crippen molar-refractivity contribution in [2.75, 3.05) is 0 Å². The Bertz CT molecular complexity index is 1110. The molecule has 0 aromatic heterocycles. The van der Waals surface area contributed by atoms with Gasteiger partial charge in [0.25, 0.3) is 0 Å². The van der Waals surface area contributed by atoms with Gasteiger partial charge in [0.05, 0.1) is 12.2 Å². The van der Waals surface area contributed by atoms with Crippen LogP contribution in [0.5, 0.6) is 0 Å². The van der Waals surface area contributed by atoms with Crippen molar-refractivity contribution in [2.24, 2.45) is 52.3 Å². The summed E-state index contributed by atoms with van der Waals surface area (Å²) in [5, 5.41) is 11.0. The van der Waals surface area contributed by atoms with Gasteiger partial charge in [0.2, 0.25) is 10.4 Å². The summed E-state index contributed by atoms with van der Waals surface area (Å²) in [6.45, 7) is 15.1. The first kappa shape index (κ1) is 32.9. The number of aliphatic hydroxyl groups is 1. The molecule has 40 heavy (non-hydrogen) atoms. The average molecular weight is 591 g/mol. The topological polar surface area (TPSA) is 125 Å². The van der Waals surface area contributed by atoms with Gasteiger partial charge in [-0.2, -0.15) is 0 Å². The number of aliphatic hydroxyl groups excluding tert-OH is 1. The van der Waals surface area contributed by atoms with E-state index in [0.717, 1.165) is 19.3 Å². The normalized spacial score (nSPS) is 45.8. The Morgan fingerprint density at radius 2 is 1.75 bits per heavy atom. The maximum Gasteiger partial charge on any atom is 1.00 e. The minimum atomic E-state index is -5.06. The number of carbonyl (C=O) groups is 1. The van der Waals surface area contributed by atoms with Gasteiger partial charge >= 0.3 is 35.5 Å². The molecule has 13 atom stereocenters. The van der Waals surface area contributed by atoms with Crippen LogP contribution in [0.1, 0.15) is 87.0 Å². The third-order valence-corrected chi connectivity index (χ3v) is 12.5. The molecule has 10 heteroatoms. The van der Waals surface area contributed by atoms with E-state index in [2.05, 4.69) is 47.6 Å². The van der Waals surface area contributed by atoms with Crippen LogP contribution in [0.3, 0.4) is 0 Å². The number of carbonyl (C=O) groups excluding carboxylic acids is 1. The molecule has 0 aromatic carbocycles. The Morgan fingerprint density at radius 1 is 1.10 bits per heavy atom. The van der Waals surface area contributed by atoms with Gasteiger partial charge < -0.3 is 19.1 Å². The van der Waals surface area contributed by atoms with Gasteiger partial charge in [-0.3, -0.25) is 8.98 Å². The molecule has 3 saturated carbocycles. The van der Waals surface area contributed by atoms with Crippen LogP contribution in [0, 0.1) is 52.3 Å². The second-order valence-corrected chi connectivity index (χ2v) is 15.2. The SMILES string of the molecule is CC(=O)O[C@@H]1C[C@]2(C)C3CC[C@@]4(C)C(CC[C@@H]4C(C)[C@@H]4O[C@@H]4[C@@H](C)C(C)C)C3=CCC2[C@H](OS(=O)(=O)[O-])[C@H]1O.[Na+]. The molecule has 1 saturated heterocycles. The number of epoxide rings is 1. The van der Waals surface area contributed by atoms with Crippen molar-refractivity contribution in [3.63, 3.8) is 0 Å². The Labute approximate surface area is 262 Å². The van der Waals surface area contributed by atoms with E-state index in [1.807, 2.05) is 0 Å². The Hall–Kier alpha value is -0.000000000000000222. The minimum Gasteiger partial charge on any atom is -0.726 e. The van der Waals surface area contributed by atoms with Gasteiger partial charge in [0.15, 0.2) is 0 Å². The average Bonchev–Trinajstić information content (AvgIpc) is 3.54. The summed E-state index contributed by atoms with van der Waals surface area (Å²) in [5.41, 5.74) is 1.13. The van der Waals surface area contributed by atoms with E-state index in [0.29, 0.717) is 54.6 Å². The smallest absolute Gasteiger partial charge is 0.726 e. The fourth-order valence-corrected chi connectivity index (χ4v) is 10.2. The van der Waals surface area contributed by atoms with E-state index in [-0.39, 0.29) is 46.8 Å². The van der Waals surface area contributed by atoms with Crippen molar-refractivity contribution in [3.05, 3.63) is 11.6 Å². The Kier molecular flexibility index (Phi) is 9.45. The number of hydrogen-bond donors (Lipinski definition) is 1. The second kappa shape index (κ2) is 11.5. The first-order valence-corrected chi connectivity index (χ1v) is 16.3. The van der Waals surface area contributed by atoms with Crippen LogP contribution in [-0.2, 0) is 28.9 Å². The number of hydrogen-bond acceptors (Lipinski definition) is 8. The second-order valence-electron chi connectivity index (χ2n) is 14.2. The molecule has 0 spiro atoms. The van der Waals surface area contributed by atoms with Crippen LogP contribution >= 0.6 is 0 Å². The van der Waals surface area contributed by atoms with Gasteiger partial charge in [0, 0.05) is 6.92 Å². The molecule has 0 amide bonds.